The van der Waals surface area contributed by atoms with E-state index in [9.17, 15) is 31.5 Å². The van der Waals surface area contributed by atoms with E-state index in [1.54, 1.807) is 0 Å². The Bertz CT molecular complexity index is 734. The predicted octanol–water partition coefficient (Wildman–Crippen LogP) is 6.14. The summed E-state index contributed by atoms with van der Waals surface area (Å²) in [7, 11) is 0. The third kappa shape index (κ3) is 8.93. The average Bonchev–Trinajstić information content (AvgIpc) is 2.71. The molecule has 1 atom stereocenters. The Balaban J connectivity index is 0.000000594. The molecular formula is C22H31F5O4. The lowest BCUT2D eigenvalue weighted by atomic mass is 9.94. The van der Waals surface area contributed by atoms with E-state index in [2.05, 4.69) is 11.7 Å². The first kappa shape index (κ1) is 29.0. The normalized spacial score (nSPS) is 12.3. The molecule has 0 radical (unpaired) electrons. The minimum absolute atomic E-state index is 0.155. The number of hydrogen-bond donors (Lipinski definition) is 0. The number of esters is 1. The van der Waals surface area contributed by atoms with Crippen LogP contribution < -0.4 is 4.74 Å². The summed E-state index contributed by atoms with van der Waals surface area (Å²) < 4.78 is 73.7. The van der Waals surface area contributed by atoms with Crippen molar-refractivity contribution in [1.29, 1.82) is 0 Å². The van der Waals surface area contributed by atoms with Crippen LogP contribution in [0.15, 0.2) is 0 Å². The maximum Gasteiger partial charge on any atom is 0.313 e. The summed E-state index contributed by atoms with van der Waals surface area (Å²) in [5.41, 5.74) is -0.155. The Hall–Kier alpha value is -2.03. The summed E-state index contributed by atoms with van der Waals surface area (Å²) in [4.78, 5) is 22.6. The van der Waals surface area contributed by atoms with E-state index in [0.29, 0.717) is 18.8 Å². The van der Waals surface area contributed by atoms with Crippen LogP contribution in [-0.2, 0) is 14.3 Å². The lowest BCUT2D eigenvalue weighted by Crippen LogP contribution is -2.26. The van der Waals surface area contributed by atoms with Gasteiger partial charge in [-0.2, -0.15) is 8.78 Å². The first-order chi connectivity index (χ1) is 14.2. The molecule has 0 aliphatic carbocycles. The number of rotatable bonds is 9. The molecule has 0 fully saturated rings. The van der Waals surface area contributed by atoms with Crippen LogP contribution in [-0.4, -0.2) is 24.0 Å². The van der Waals surface area contributed by atoms with Crippen molar-refractivity contribution in [3.8, 4) is 5.75 Å². The van der Waals surface area contributed by atoms with Gasteiger partial charge in [-0.05, 0) is 33.6 Å². The average molecular weight is 454 g/mol. The molecule has 0 amide bonds. The number of carbonyl (C=O) groups is 2. The van der Waals surface area contributed by atoms with Crippen molar-refractivity contribution in [3.05, 3.63) is 29.1 Å². The van der Waals surface area contributed by atoms with E-state index in [4.69, 9.17) is 4.74 Å². The quantitative estimate of drug-likeness (QED) is 0.148. The van der Waals surface area contributed by atoms with E-state index in [1.807, 2.05) is 27.7 Å². The molecule has 0 spiro atoms. The molecule has 0 aliphatic rings. The fraction of sp³-hybridized carbons (Fsp3) is 0.636. The molecule has 0 bridgehead atoms. The summed E-state index contributed by atoms with van der Waals surface area (Å²) in [6.45, 7) is 13.5. The maximum absolute atomic E-state index is 13.0. The van der Waals surface area contributed by atoms with Gasteiger partial charge in [-0.3, -0.25) is 9.59 Å². The Morgan fingerprint density at radius 1 is 0.871 bits per heavy atom. The number of halogens is 5. The molecule has 4 nitrogen and oxygen atoms in total. The van der Waals surface area contributed by atoms with Gasteiger partial charge in [0.25, 0.3) is 0 Å². The van der Waals surface area contributed by atoms with E-state index >= 15 is 0 Å². The highest BCUT2D eigenvalue weighted by molar-refractivity contribution is 5.80. The number of ketones is 1. The second-order valence-corrected chi connectivity index (χ2v) is 7.94. The molecule has 1 unspecified atom stereocenters. The van der Waals surface area contributed by atoms with Crippen molar-refractivity contribution in [2.45, 2.75) is 73.3 Å². The van der Waals surface area contributed by atoms with Gasteiger partial charge in [0, 0.05) is 18.9 Å². The van der Waals surface area contributed by atoms with Gasteiger partial charge < -0.3 is 9.47 Å². The highest BCUT2D eigenvalue weighted by atomic mass is 19.2. The molecule has 1 rings (SSSR count). The molecule has 0 aliphatic heterocycles. The van der Waals surface area contributed by atoms with Crippen molar-refractivity contribution in [3.63, 3.8) is 0 Å². The third-order valence-corrected chi connectivity index (χ3v) is 4.51. The summed E-state index contributed by atoms with van der Waals surface area (Å²) in [5, 5.41) is 0. The highest BCUT2D eigenvalue weighted by Crippen LogP contribution is 2.29. The van der Waals surface area contributed by atoms with Gasteiger partial charge in [-0.25, -0.2) is 13.2 Å². The lowest BCUT2D eigenvalue weighted by molar-refractivity contribution is -0.138. The van der Waals surface area contributed by atoms with Gasteiger partial charge in [0.15, 0.2) is 0 Å². The number of benzene rings is 1. The second kappa shape index (κ2) is 12.7. The van der Waals surface area contributed by atoms with Crippen LogP contribution in [0.4, 0.5) is 22.0 Å². The smallest absolute Gasteiger partial charge is 0.313 e. The third-order valence-electron chi connectivity index (χ3n) is 4.51. The SMILES string of the molecule is CC(C)C(=O)Oc1c(F)c(F)c(F)c(F)c1F.CCOC(C)(C)CCC(=O)C(C)CC. The van der Waals surface area contributed by atoms with E-state index < -0.39 is 46.7 Å². The Labute approximate surface area is 180 Å². The van der Waals surface area contributed by atoms with Crippen molar-refractivity contribution in [2.75, 3.05) is 6.61 Å². The Morgan fingerprint density at radius 3 is 1.71 bits per heavy atom. The monoisotopic (exact) mass is 454 g/mol. The van der Waals surface area contributed by atoms with Crippen molar-refractivity contribution < 1.29 is 41.0 Å². The molecule has 0 saturated heterocycles. The van der Waals surface area contributed by atoms with Crippen LogP contribution in [0, 0.1) is 40.9 Å². The molecule has 1 aromatic rings. The van der Waals surface area contributed by atoms with Crippen LogP contribution in [0.2, 0.25) is 0 Å². The standard InChI is InChI=1S/C12H24O2.C10H7F5O2/c1-6-10(3)11(13)8-9-12(4,5)14-7-2;1-3(2)10(16)17-9-7(14)5(12)4(11)6(13)8(9)15/h10H,6-9H2,1-5H3;3H,1-2H3. The minimum atomic E-state index is -2.30. The second-order valence-electron chi connectivity index (χ2n) is 7.94. The predicted molar refractivity (Wildman–Crippen MR) is 106 cm³/mol. The zero-order valence-corrected chi connectivity index (χ0v) is 19.0. The number of carbonyl (C=O) groups excluding carboxylic acids is 2. The topological polar surface area (TPSA) is 52.6 Å². The highest BCUT2D eigenvalue weighted by Gasteiger charge is 2.29. The molecule has 178 valence electrons. The zero-order valence-electron chi connectivity index (χ0n) is 19.0. The van der Waals surface area contributed by atoms with Crippen molar-refractivity contribution in [1.82, 2.24) is 0 Å². The minimum Gasteiger partial charge on any atom is -0.420 e. The van der Waals surface area contributed by atoms with Gasteiger partial charge >= 0.3 is 5.97 Å². The molecule has 0 saturated carbocycles. The summed E-state index contributed by atoms with van der Waals surface area (Å²) in [5.74, 6) is -13.9. The van der Waals surface area contributed by atoms with Crippen molar-refractivity contribution >= 4 is 11.8 Å². The Kier molecular flexibility index (Phi) is 11.9. The number of hydrogen-bond acceptors (Lipinski definition) is 4. The van der Waals surface area contributed by atoms with E-state index in [-0.39, 0.29) is 11.5 Å². The molecule has 0 heterocycles. The Morgan fingerprint density at radius 2 is 1.32 bits per heavy atom. The lowest BCUT2D eigenvalue weighted by Gasteiger charge is -2.24. The fourth-order valence-electron chi connectivity index (χ4n) is 2.25. The zero-order chi connectivity index (χ0) is 24.5. The van der Waals surface area contributed by atoms with Gasteiger partial charge in [-0.1, -0.05) is 27.7 Å². The largest absolute Gasteiger partial charge is 0.420 e. The first-order valence-electron chi connectivity index (χ1n) is 10.1. The first-order valence-corrected chi connectivity index (χ1v) is 10.1. The summed E-state index contributed by atoms with van der Waals surface area (Å²) in [6.07, 6.45) is 2.40. The van der Waals surface area contributed by atoms with Gasteiger partial charge in [0.1, 0.15) is 5.78 Å². The van der Waals surface area contributed by atoms with Crippen LogP contribution in [0.3, 0.4) is 0 Å². The van der Waals surface area contributed by atoms with Gasteiger partial charge in [0.05, 0.1) is 11.5 Å². The van der Waals surface area contributed by atoms with Crippen LogP contribution in [0.25, 0.3) is 0 Å². The molecule has 0 N–H and O–H groups in total. The molecule has 0 aromatic heterocycles. The van der Waals surface area contributed by atoms with Crippen LogP contribution >= 0.6 is 0 Å². The van der Waals surface area contributed by atoms with E-state index in [0.717, 1.165) is 12.8 Å². The number of ether oxygens (including phenoxy) is 2. The van der Waals surface area contributed by atoms with E-state index in [1.165, 1.54) is 13.8 Å². The maximum atomic E-state index is 13.0. The molecular weight excluding hydrogens is 423 g/mol. The summed E-state index contributed by atoms with van der Waals surface area (Å²) in [6, 6.07) is 0. The van der Waals surface area contributed by atoms with Gasteiger partial charge in [0.2, 0.25) is 34.8 Å². The van der Waals surface area contributed by atoms with Crippen molar-refractivity contribution in [2.24, 2.45) is 11.8 Å². The number of Topliss-reactive ketones (excluding diaryl/α,β-unsaturated/α-hetero) is 1. The molecule has 1 aromatic carbocycles. The van der Waals surface area contributed by atoms with Crippen LogP contribution in [0.5, 0.6) is 5.75 Å². The molecule has 9 heteroatoms. The fourth-order valence-corrected chi connectivity index (χ4v) is 2.25. The van der Waals surface area contributed by atoms with Crippen LogP contribution in [0.1, 0.15) is 67.7 Å². The summed E-state index contributed by atoms with van der Waals surface area (Å²) >= 11 is 0. The molecule has 31 heavy (non-hydrogen) atoms. The van der Waals surface area contributed by atoms with Gasteiger partial charge in [-0.15, -0.1) is 0 Å².